The number of halogens is 1. The second-order valence-electron chi connectivity index (χ2n) is 8.54. The van der Waals surface area contributed by atoms with Gasteiger partial charge in [-0.1, -0.05) is 6.07 Å². The zero-order chi connectivity index (χ0) is 22.8. The van der Waals surface area contributed by atoms with Crippen LogP contribution in [0.25, 0.3) is 0 Å². The Morgan fingerprint density at radius 1 is 1.16 bits per heavy atom. The van der Waals surface area contributed by atoms with Crippen LogP contribution in [0.3, 0.4) is 0 Å². The molecule has 2 atom stereocenters. The summed E-state index contributed by atoms with van der Waals surface area (Å²) in [7, 11) is 0. The van der Waals surface area contributed by atoms with Crippen molar-refractivity contribution in [2.24, 2.45) is 0 Å². The van der Waals surface area contributed by atoms with E-state index in [2.05, 4.69) is 9.97 Å². The molecule has 2 fully saturated rings. The molecule has 0 aliphatic carbocycles. The van der Waals surface area contributed by atoms with Crippen molar-refractivity contribution in [2.45, 2.75) is 64.8 Å². The number of rotatable bonds is 5. The van der Waals surface area contributed by atoms with Crippen LogP contribution < -0.4 is 9.47 Å². The molecule has 0 N–H and O–H groups in total. The number of hydrogen-bond acceptors (Lipinski definition) is 7. The van der Waals surface area contributed by atoms with Crippen LogP contribution in [0.5, 0.6) is 17.5 Å². The van der Waals surface area contributed by atoms with E-state index >= 15 is 0 Å². The first kappa shape index (κ1) is 22.3. The second kappa shape index (κ2) is 9.28. The molecule has 8 nitrogen and oxygen atoms in total. The summed E-state index contributed by atoms with van der Waals surface area (Å²) in [5, 5.41) is 0. The largest absolute Gasteiger partial charge is 0.474 e. The maximum absolute atomic E-state index is 14.2. The Kier molecular flexibility index (Phi) is 6.45. The minimum absolute atomic E-state index is 0.0898. The van der Waals surface area contributed by atoms with E-state index in [1.807, 2.05) is 20.8 Å². The summed E-state index contributed by atoms with van der Waals surface area (Å²) in [4.78, 5) is 22.7. The average Bonchev–Trinajstić information content (AvgIpc) is 2.71. The fourth-order valence-electron chi connectivity index (χ4n) is 4.11. The van der Waals surface area contributed by atoms with Gasteiger partial charge in [-0.05, 0) is 45.4 Å². The molecule has 2 unspecified atom stereocenters. The number of benzene rings is 1. The second-order valence-corrected chi connectivity index (χ2v) is 8.54. The van der Waals surface area contributed by atoms with Crippen molar-refractivity contribution in [2.75, 3.05) is 13.2 Å². The number of hydrogen-bond donors (Lipinski definition) is 0. The van der Waals surface area contributed by atoms with E-state index in [1.165, 1.54) is 12.4 Å². The molecule has 1 aromatic carbocycles. The third-order valence-electron chi connectivity index (χ3n) is 5.59. The Hall–Kier alpha value is -2.94. The fraction of sp³-hybridized carbons (Fsp3) is 0.522. The van der Waals surface area contributed by atoms with E-state index in [0.717, 1.165) is 5.56 Å². The van der Waals surface area contributed by atoms with Crippen LogP contribution in [0.15, 0.2) is 24.5 Å². The maximum Gasteiger partial charge on any atom is 0.410 e. The van der Waals surface area contributed by atoms with Gasteiger partial charge in [-0.25, -0.2) is 19.2 Å². The molecule has 4 rings (SSSR count). The number of carbonyl (C=O) groups is 1. The third kappa shape index (κ3) is 4.77. The van der Waals surface area contributed by atoms with Crippen molar-refractivity contribution >= 4 is 6.09 Å². The Bertz CT molecular complexity index is 972. The summed E-state index contributed by atoms with van der Waals surface area (Å²) in [6.45, 7) is 8.12. The number of morpholine rings is 1. The molecule has 0 radical (unpaired) electrons. The molecule has 3 heterocycles. The molecule has 2 aromatic rings. The van der Waals surface area contributed by atoms with Crippen molar-refractivity contribution in [1.29, 1.82) is 0 Å². The van der Waals surface area contributed by atoms with Gasteiger partial charge in [-0.15, -0.1) is 0 Å². The number of amides is 1. The zero-order valence-corrected chi connectivity index (χ0v) is 18.7. The lowest BCUT2D eigenvalue weighted by Gasteiger charge is -2.47. The van der Waals surface area contributed by atoms with Crippen molar-refractivity contribution in [3.05, 3.63) is 41.5 Å². The van der Waals surface area contributed by atoms with Crippen molar-refractivity contribution in [3.63, 3.8) is 0 Å². The lowest BCUT2D eigenvalue weighted by molar-refractivity contribution is -0.0934. The minimum Gasteiger partial charge on any atom is -0.474 e. The standard InChI is InChI=1S/C23H28FN3O5/c1-13(2)30-23(28)27-16-8-18(9-17(27)11-29-10-16)31-21-15(4)22(26-12-25-21)32-20-6-5-14(3)7-19(20)24/h5-7,12-13,16-18H,8-11H2,1-4H3. The van der Waals surface area contributed by atoms with Gasteiger partial charge >= 0.3 is 6.09 Å². The SMILES string of the molecule is Cc1ccc(Oc2ncnc(OC3CC4COCC(C3)N4C(=O)OC(C)C)c2C)c(F)c1. The van der Waals surface area contributed by atoms with E-state index in [9.17, 15) is 9.18 Å². The quantitative estimate of drug-likeness (QED) is 0.683. The van der Waals surface area contributed by atoms with E-state index in [-0.39, 0.29) is 42.0 Å². The minimum atomic E-state index is -0.459. The number of fused-ring (bicyclic) bond motifs is 2. The fourth-order valence-corrected chi connectivity index (χ4v) is 4.11. The first-order valence-electron chi connectivity index (χ1n) is 10.8. The van der Waals surface area contributed by atoms with Crippen molar-refractivity contribution in [3.8, 4) is 17.5 Å². The van der Waals surface area contributed by atoms with Gasteiger partial charge in [0.2, 0.25) is 11.8 Å². The summed E-state index contributed by atoms with van der Waals surface area (Å²) in [6, 6.07) is 4.49. The molecule has 1 aromatic heterocycles. The number of carbonyl (C=O) groups excluding carboxylic acids is 1. The molecule has 0 spiro atoms. The molecule has 9 heteroatoms. The number of piperidine rings is 1. The molecule has 2 bridgehead atoms. The van der Waals surface area contributed by atoms with Crippen molar-refractivity contribution in [1.82, 2.24) is 14.9 Å². The van der Waals surface area contributed by atoms with Crippen LogP contribution in [-0.4, -0.2) is 58.5 Å². The van der Waals surface area contributed by atoms with Crippen LogP contribution >= 0.6 is 0 Å². The summed E-state index contributed by atoms with van der Waals surface area (Å²) in [6.07, 6.45) is 1.87. The first-order chi connectivity index (χ1) is 15.3. The molecule has 1 amide bonds. The van der Waals surface area contributed by atoms with Gasteiger partial charge in [0.1, 0.15) is 12.4 Å². The molecule has 172 valence electrons. The van der Waals surface area contributed by atoms with Gasteiger partial charge in [0.25, 0.3) is 0 Å². The van der Waals surface area contributed by atoms with Gasteiger partial charge in [0.15, 0.2) is 11.6 Å². The number of ether oxygens (including phenoxy) is 4. The highest BCUT2D eigenvalue weighted by Gasteiger charge is 2.43. The topological polar surface area (TPSA) is 83.0 Å². The lowest BCUT2D eigenvalue weighted by Crippen LogP contribution is -2.61. The van der Waals surface area contributed by atoms with Crippen LogP contribution in [0, 0.1) is 19.7 Å². The summed E-state index contributed by atoms with van der Waals surface area (Å²) < 4.78 is 37.2. The van der Waals surface area contributed by atoms with Crippen LogP contribution in [0.1, 0.15) is 37.8 Å². The molecule has 2 saturated heterocycles. The van der Waals surface area contributed by atoms with Gasteiger partial charge in [-0.2, -0.15) is 0 Å². The van der Waals surface area contributed by atoms with Gasteiger partial charge in [0.05, 0.1) is 37.0 Å². The van der Waals surface area contributed by atoms with E-state index in [0.29, 0.717) is 37.5 Å². The van der Waals surface area contributed by atoms with Gasteiger partial charge in [0, 0.05) is 12.8 Å². The Balaban J connectivity index is 1.47. The van der Waals surface area contributed by atoms with Crippen LogP contribution in [0.4, 0.5) is 9.18 Å². The van der Waals surface area contributed by atoms with E-state index in [4.69, 9.17) is 18.9 Å². The highest BCUT2D eigenvalue weighted by molar-refractivity contribution is 5.69. The van der Waals surface area contributed by atoms with Gasteiger partial charge < -0.3 is 18.9 Å². The maximum atomic E-state index is 14.2. The Labute approximate surface area is 186 Å². The lowest BCUT2D eigenvalue weighted by atomic mass is 9.92. The average molecular weight is 445 g/mol. The predicted octanol–water partition coefficient (Wildman–Crippen LogP) is 4.18. The monoisotopic (exact) mass is 445 g/mol. The highest BCUT2D eigenvalue weighted by atomic mass is 19.1. The molecular weight excluding hydrogens is 417 g/mol. The Morgan fingerprint density at radius 2 is 1.84 bits per heavy atom. The zero-order valence-electron chi connectivity index (χ0n) is 18.7. The van der Waals surface area contributed by atoms with E-state index in [1.54, 1.807) is 24.0 Å². The van der Waals surface area contributed by atoms with E-state index < -0.39 is 5.82 Å². The van der Waals surface area contributed by atoms with Crippen LogP contribution in [0.2, 0.25) is 0 Å². The van der Waals surface area contributed by atoms with Gasteiger partial charge in [-0.3, -0.25) is 4.90 Å². The molecule has 2 aliphatic rings. The molecular formula is C23H28FN3O5. The number of aryl methyl sites for hydroxylation is 1. The third-order valence-corrected chi connectivity index (χ3v) is 5.59. The van der Waals surface area contributed by atoms with Crippen molar-refractivity contribution < 1.29 is 28.1 Å². The molecule has 0 saturated carbocycles. The number of nitrogens with zero attached hydrogens (tertiary/aromatic N) is 3. The Morgan fingerprint density at radius 3 is 2.50 bits per heavy atom. The number of aromatic nitrogens is 2. The summed E-state index contributed by atoms with van der Waals surface area (Å²) >= 11 is 0. The molecule has 2 aliphatic heterocycles. The summed E-state index contributed by atoms with van der Waals surface area (Å²) in [5.74, 6) is 0.245. The molecule has 32 heavy (non-hydrogen) atoms. The predicted molar refractivity (Wildman–Crippen MR) is 113 cm³/mol. The smallest absolute Gasteiger partial charge is 0.410 e. The highest BCUT2D eigenvalue weighted by Crippen LogP contribution is 2.34. The first-order valence-corrected chi connectivity index (χ1v) is 10.8. The van der Waals surface area contributed by atoms with Crippen LogP contribution in [-0.2, 0) is 9.47 Å². The summed E-state index contributed by atoms with van der Waals surface area (Å²) in [5.41, 5.74) is 1.38. The normalized spacial score (nSPS) is 22.6.